The first-order valence-electron chi connectivity index (χ1n) is 11.2. The predicted molar refractivity (Wildman–Crippen MR) is 120 cm³/mol. The number of amides is 3. The van der Waals surface area contributed by atoms with Gasteiger partial charge in [0, 0.05) is 20.1 Å². The van der Waals surface area contributed by atoms with Crippen molar-refractivity contribution >= 4 is 17.7 Å². The number of hydrogen-bond acceptors (Lipinski definition) is 4. The molecule has 2 aliphatic rings. The molecule has 0 spiro atoms. The van der Waals surface area contributed by atoms with E-state index in [1.807, 2.05) is 45.0 Å². The molecule has 0 aromatic heterocycles. The minimum atomic E-state index is -0.598. The lowest BCUT2D eigenvalue weighted by molar-refractivity contribution is -0.154. The van der Waals surface area contributed by atoms with Crippen LogP contribution in [0.1, 0.15) is 31.4 Å². The number of nitrogens with zero attached hydrogens (tertiary/aromatic N) is 3. The molecule has 0 bridgehead atoms. The number of benzene rings is 1. The van der Waals surface area contributed by atoms with Gasteiger partial charge in [-0.25, -0.2) is 0 Å². The molecule has 1 aromatic carbocycles. The third-order valence-electron chi connectivity index (χ3n) is 6.39. The lowest BCUT2D eigenvalue weighted by Gasteiger charge is -2.41. The molecule has 0 unspecified atom stereocenters. The van der Waals surface area contributed by atoms with Gasteiger partial charge in [-0.1, -0.05) is 38.1 Å². The first kappa shape index (κ1) is 23.3. The van der Waals surface area contributed by atoms with E-state index in [9.17, 15) is 14.4 Å². The molecule has 2 atom stereocenters. The maximum atomic E-state index is 13.6. The van der Waals surface area contributed by atoms with Crippen molar-refractivity contribution in [2.45, 2.75) is 45.2 Å². The number of nitrogens with one attached hydrogen (secondary N) is 1. The third kappa shape index (κ3) is 5.45. The summed E-state index contributed by atoms with van der Waals surface area (Å²) in [6, 6.07) is 7.02. The monoisotopic (exact) mass is 428 g/mol. The van der Waals surface area contributed by atoms with E-state index in [1.54, 1.807) is 16.8 Å². The number of rotatable bonds is 8. The van der Waals surface area contributed by atoms with Gasteiger partial charge in [0.15, 0.2) is 0 Å². The van der Waals surface area contributed by atoms with Crippen LogP contribution in [0, 0.1) is 11.8 Å². The van der Waals surface area contributed by atoms with Gasteiger partial charge in [-0.2, -0.15) is 0 Å². The summed E-state index contributed by atoms with van der Waals surface area (Å²) in [7, 11) is 5.67. The zero-order valence-corrected chi connectivity index (χ0v) is 19.4. The fourth-order valence-corrected chi connectivity index (χ4v) is 4.54. The highest BCUT2D eigenvalue weighted by atomic mass is 16.2. The van der Waals surface area contributed by atoms with Crippen LogP contribution in [0.5, 0.6) is 0 Å². The minimum Gasteiger partial charge on any atom is -0.343 e. The van der Waals surface area contributed by atoms with Crippen LogP contribution in [0.2, 0.25) is 0 Å². The molecule has 3 amide bonds. The van der Waals surface area contributed by atoms with E-state index in [4.69, 9.17) is 0 Å². The van der Waals surface area contributed by atoms with Gasteiger partial charge in [0.25, 0.3) is 0 Å². The molecule has 1 aromatic rings. The Kier molecular flexibility index (Phi) is 7.36. The molecule has 170 valence electrons. The van der Waals surface area contributed by atoms with Crippen LogP contribution in [0.3, 0.4) is 0 Å². The summed E-state index contributed by atoms with van der Waals surface area (Å²) in [5.41, 5.74) is 2.48. The SMILES string of the molecule is CC(C)C[C@@H]1C(=O)N[C@H](C2Cc3ccccc3C2)C(=O)N1CC(=O)N(C)CCN(C)C. The van der Waals surface area contributed by atoms with Crippen LogP contribution < -0.4 is 5.32 Å². The molecular formula is C24H36N4O3. The highest BCUT2D eigenvalue weighted by Gasteiger charge is 2.45. The van der Waals surface area contributed by atoms with Crippen molar-refractivity contribution < 1.29 is 14.4 Å². The van der Waals surface area contributed by atoms with Crippen molar-refractivity contribution in [2.75, 3.05) is 40.8 Å². The van der Waals surface area contributed by atoms with Gasteiger partial charge in [0.05, 0.1) is 0 Å². The van der Waals surface area contributed by atoms with E-state index in [2.05, 4.69) is 17.4 Å². The van der Waals surface area contributed by atoms with Gasteiger partial charge in [0.2, 0.25) is 17.7 Å². The quantitative estimate of drug-likeness (QED) is 0.675. The highest BCUT2D eigenvalue weighted by molar-refractivity contribution is 5.99. The van der Waals surface area contributed by atoms with E-state index < -0.39 is 12.1 Å². The Morgan fingerprint density at radius 3 is 2.26 bits per heavy atom. The lowest BCUT2D eigenvalue weighted by Crippen LogP contribution is -2.66. The molecule has 0 saturated carbocycles. The average Bonchev–Trinajstić information content (AvgIpc) is 3.14. The summed E-state index contributed by atoms with van der Waals surface area (Å²) in [4.78, 5) is 44.7. The molecule has 1 heterocycles. The summed E-state index contributed by atoms with van der Waals surface area (Å²) in [5, 5.41) is 3.01. The van der Waals surface area contributed by atoms with Crippen molar-refractivity contribution in [3.05, 3.63) is 35.4 Å². The van der Waals surface area contributed by atoms with Gasteiger partial charge in [-0.05, 0) is 56.3 Å². The van der Waals surface area contributed by atoms with Crippen LogP contribution in [-0.4, -0.2) is 85.3 Å². The molecule has 1 aliphatic carbocycles. The van der Waals surface area contributed by atoms with Crippen LogP contribution in [0.15, 0.2) is 24.3 Å². The zero-order chi connectivity index (χ0) is 22.7. The molecule has 7 nitrogen and oxygen atoms in total. The normalized spacial score (nSPS) is 21.6. The van der Waals surface area contributed by atoms with Gasteiger partial charge in [-0.3, -0.25) is 14.4 Å². The van der Waals surface area contributed by atoms with E-state index >= 15 is 0 Å². The Hall–Kier alpha value is -2.41. The molecule has 1 aliphatic heterocycles. The van der Waals surface area contributed by atoms with Gasteiger partial charge in [-0.15, -0.1) is 0 Å². The highest BCUT2D eigenvalue weighted by Crippen LogP contribution is 2.31. The summed E-state index contributed by atoms with van der Waals surface area (Å²) >= 11 is 0. The maximum absolute atomic E-state index is 13.6. The maximum Gasteiger partial charge on any atom is 0.246 e. The van der Waals surface area contributed by atoms with Crippen LogP contribution in [0.25, 0.3) is 0 Å². The Balaban J connectivity index is 1.76. The van der Waals surface area contributed by atoms with Crippen molar-refractivity contribution in [1.82, 2.24) is 20.0 Å². The fourth-order valence-electron chi connectivity index (χ4n) is 4.54. The third-order valence-corrected chi connectivity index (χ3v) is 6.39. The topological polar surface area (TPSA) is 73.0 Å². The smallest absolute Gasteiger partial charge is 0.246 e. The Morgan fingerprint density at radius 1 is 1.10 bits per heavy atom. The van der Waals surface area contributed by atoms with E-state index in [0.717, 1.165) is 19.4 Å². The first-order chi connectivity index (χ1) is 14.7. The number of carbonyl (C=O) groups is 3. The standard InChI is InChI=1S/C24H36N4O3/c1-16(2)12-20-23(30)25-22(19-13-17-8-6-7-9-18(17)14-19)24(31)28(20)15-21(29)27(5)11-10-26(3)4/h6-9,16,19-20,22H,10-15H2,1-5H3,(H,25,30)/t20-,22-/m1/s1. The van der Waals surface area contributed by atoms with E-state index in [-0.39, 0.29) is 36.1 Å². The molecule has 1 fully saturated rings. The van der Waals surface area contributed by atoms with Crippen molar-refractivity contribution in [3.63, 3.8) is 0 Å². The molecule has 1 N–H and O–H groups in total. The largest absolute Gasteiger partial charge is 0.343 e. The van der Waals surface area contributed by atoms with E-state index in [1.165, 1.54) is 11.1 Å². The first-order valence-corrected chi connectivity index (χ1v) is 11.2. The number of hydrogen-bond donors (Lipinski definition) is 1. The number of piperazine rings is 1. The second-order valence-corrected chi connectivity index (χ2v) is 9.65. The van der Waals surface area contributed by atoms with Crippen molar-refractivity contribution in [2.24, 2.45) is 11.8 Å². The summed E-state index contributed by atoms with van der Waals surface area (Å²) in [5.74, 6) is -0.139. The number of fused-ring (bicyclic) bond motifs is 1. The number of likely N-dealkylation sites (N-methyl/N-ethyl adjacent to an activating group) is 2. The molecule has 0 radical (unpaired) electrons. The summed E-state index contributed by atoms with van der Waals surface area (Å²) in [6.07, 6.45) is 2.09. The second-order valence-electron chi connectivity index (χ2n) is 9.65. The van der Waals surface area contributed by atoms with Gasteiger partial charge < -0.3 is 20.0 Å². The lowest BCUT2D eigenvalue weighted by atomic mass is 9.90. The average molecular weight is 429 g/mol. The molecule has 3 rings (SSSR count). The minimum absolute atomic E-state index is 0.0259. The van der Waals surface area contributed by atoms with Crippen LogP contribution >= 0.6 is 0 Å². The van der Waals surface area contributed by atoms with Crippen molar-refractivity contribution in [1.29, 1.82) is 0 Å². The summed E-state index contributed by atoms with van der Waals surface area (Å²) < 4.78 is 0. The molecule has 31 heavy (non-hydrogen) atoms. The van der Waals surface area contributed by atoms with E-state index in [0.29, 0.717) is 13.0 Å². The Labute approximate surface area is 185 Å². The summed E-state index contributed by atoms with van der Waals surface area (Å²) in [6.45, 7) is 5.33. The molecule has 1 saturated heterocycles. The van der Waals surface area contributed by atoms with Gasteiger partial charge in [0.1, 0.15) is 18.6 Å². The Morgan fingerprint density at radius 2 is 1.71 bits per heavy atom. The molecule has 7 heteroatoms. The van der Waals surface area contributed by atoms with Crippen molar-refractivity contribution in [3.8, 4) is 0 Å². The predicted octanol–water partition coefficient (Wildman–Crippen LogP) is 1.16. The van der Waals surface area contributed by atoms with Crippen LogP contribution in [0.4, 0.5) is 0 Å². The Bertz CT molecular complexity index is 798. The van der Waals surface area contributed by atoms with Crippen LogP contribution in [-0.2, 0) is 27.2 Å². The number of carbonyl (C=O) groups excluding carboxylic acids is 3. The zero-order valence-electron chi connectivity index (χ0n) is 19.4. The second kappa shape index (κ2) is 9.81. The molecular weight excluding hydrogens is 392 g/mol. The fraction of sp³-hybridized carbons (Fsp3) is 0.625. The van der Waals surface area contributed by atoms with Gasteiger partial charge >= 0.3 is 0 Å².